The Bertz CT molecular complexity index is 628. The van der Waals surface area contributed by atoms with Gasteiger partial charge >= 0.3 is 0 Å². The van der Waals surface area contributed by atoms with Gasteiger partial charge in [-0.2, -0.15) is 0 Å². The van der Waals surface area contributed by atoms with Crippen molar-refractivity contribution in [3.05, 3.63) is 41.0 Å². The van der Waals surface area contributed by atoms with Crippen LogP contribution in [0.1, 0.15) is 31.4 Å². The monoisotopic (exact) mass is 318 g/mol. The second kappa shape index (κ2) is 6.97. The molecule has 116 valence electrons. The topological polar surface area (TPSA) is 46.3 Å². The van der Waals surface area contributed by atoms with E-state index >= 15 is 0 Å². The number of nitrogens with zero attached hydrogens (tertiary/aromatic N) is 2. The van der Waals surface area contributed by atoms with E-state index in [2.05, 4.69) is 5.16 Å². The number of hydrogen-bond acceptors (Lipinski definition) is 3. The van der Waals surface area contributed by atoms with Gasteiger partial charge in [0, 0.05) is 29.7 Å². The van der Waals surface area contributed by atoms with Crippen LogP contribution < -0.4 is 0 Å². The average Bonchev–Trinajstić information content (AvgIpc) is 2.81. The van der Waals surface area contributed by atoms with Crippen molar-refractivity contribution in [1.82, 2.24) is 10.1 Å². The Morgan fingerprint density at radius 3 is 2.50 bits per heavy atom. The fourth-order valence-electron chi connectivity index (χ4n) is 2.73. The minimum atomic E-state index is 0.137. The van der Waals surface area contributed by atoms with E-state index in [1.54, 1.807) is 0 Å². The van der Waals surface area contributed by atoms with Gasteiger partial charge in [0.2, 0.25) is 5.91 Å². The summed E-state index contributed by atoms with van der Waals surface area (Å²) in [6.45, 7) is 1.72. The Labute approximate surface area is 135 Å². The summed E-state index contributed by atoms with van der Waals surface area (Å²) in [6.07, 6.45) is 4.93. The van der Waals surface area contributed by atoms with E-state index in [4.69, 9.17) is 16.1 Å². The second-order valence-corrected chi connectivity index (χ2v) is 6.10. The van der Waals surface area contributed by atoms with Crippen LogP contribution in [-0.4, -0.2) is 29.1 Å². The zero-order chi connectivity index (χ0) is 15.4. The quantitative estimate of drug-likeness (QED) is 0.861. The number of rotatable bonds is 3. The van der Waals surface area contributed by atoms with Gasteiger partial charge < -0.3 is 9.42 Å². The molecule has 1 fully saturated rings. The zero-order valence-corrected chi connectivity index (χ0v) is 13.2. The molecule has 3 rings (SSSR count). The van der Waals surface area contributed by atoms with Crippen LogP contribution in [0.25, 0.3) is 11.3 Å². The number of aromatic nitrogens is 1. The van der Waals surface area contributed by atoms with Crippen molar-refractivity contribution < 1.29 is 9.32 Å². The van der Waals surface area contributed by atoms with Gasteiger partial charge in [-0.15, -0.1) is 0 Å². The molecule has 1 aliphatic rings. The highest BCUT2D eigenvalue weighted by molar-refractivity contribution is 6.30. The summed E-state index contributed by atoms with van der Waals surface area (Å²) in [6, 6.07) is 9.20. The highest BCUT2D eigenvalue weighted by atomic mass is 35.5. The first-order valence-electron chi connectivity index (χ1n) is 7.72. The van der Waals surface area contributed by atoms with Crippen LogP contribution >= 0.6 is 11.6 Å². The third-order valence-corrected chi connectivity index (χ3v) is 4.23. The zero-order valence-electron chi connectivity index (χ0n) is 12.4. The third kappa shape index (κ3) is 3.69. The molecule has 0 radical (unpaired) electrons. The Morgan fingerprint density at radius 2 is 1.82 bits per heavy atom. The molecule has 1 aromatic heterocycles. The summed E-state index contributed by atoms with van der Waals surface area (Å²) in [5, 5.41) is 4.70. The Morgan fingerprint density at radius 1 is 1.14 bits per heavy atom. The first kappa shape index (κ1) is 15.1. The number of likely N-dealkylation sites (tertiary alicyclic amines) is 1. The summed E-state index contributed by atoms with van der Waals surface area (Å²) < 4.78 is 5.34. The predicted molar refractivity (Wildman–Crippen MR) is 85.7 cm³/mol. The molecule has 0 bridgehead atoms. The van der Waals surface area contributed by atoms with Crippen molar-refractivity contribution in [2.24, 2.45) is 0 Å². The molecule has 0 spiro atoms. The molecule has 0 atom stereocenters. The van der Waals surface area contributed by atoms with E-state index in [1.165, 1.54) is 12.8 Å². The van der Waals surface area contributed by atoms with Gasteiger partial charge in [-0.3, -0.25) is 4.79 Å². The van der Waals surface area contributed by atoms with Crippen LogP contribution in [0.4, 0.5) is 0 Å². The molecule has 1 aromatic carbocycles. The van der Waals surface area contributed by atoms with E-state index < -0.39 is 0 Å². The van der Waals surface area contributed by atoms with Gasteiger partial charge in [0.1, 0.15) is 0 Å². The lowest BCUT2D eigenvalue weighted by Crippen LogP contribution is -2.33. The van der Waals surface area contributed by atoms with Gasteiger partial charge in [-0.1, -0.05) is 29.6 Å². The maximum atomic E-state index is 12.3. The second-order valence-electron chi connectivity index (χ2n) is 5.66. The van der Waals surface area contributed by atoms with Crippen LogP contribution in [0.2, 0.25) is 5.02 Å². The van der Waals surface area contributed by atoms with Gasteiger partial charge in [0.15, 0.2) is 5.76 Å². The first-order valence-corrected chi connectivity index (χ1v) is 8.09. The number of benzene rings is 1. The fraction of sp³-hybridized carbons (Fsp3) is 0.412. The SMILES string of the molecule is O=C(Cc1cc(-c2ccc(Cl)cc2)on1)N1CCCCCC1. The van der Waals surface area contributed by atoms with E-state index in [1.807, 2.05) is 35.2 Å². The van der Waals surface area contributed by atoms with Crippen molar-refractivity contribution in [3.63, 3.8) is 0 Å². The lowest BCUT2D eigenvalue weighted by Gasteiger charge is -2.19. The number of hydrogen-bond donors (Lipinski definition) is 0. The maximum absolute atomic E-state index is 12.3. The lowest BCUT2D eigenvalue weighted by atomic mass is 10.1. The molecule has 4 nitrogen and oxygen atoms in total. The van der Waals surface area contributed by atoms with Crippen molar-refractivity contribution in [2.45, 2.75) is 32.1 Å². The number of halogens is 1. The molecule has 0 aliphatic carbocycles. The summed E-state index contributed by atoms with van der Waals surface area (Å²) in [5.74, 6) is 0.799. The highest BCUT2D eigenvalue weighted by Crippen LogP contribution is 2.22. The molecule has 1 aliphatic heterocycles. The normalized spacial score (nSPS) is 15.6. The van der Waals surface area contributed by atoms with E-state index in [9.17, 15) is 4.79 Å². The van der Waals surface area contributed by atoms with Crippen molar-refractivity contribution in [1.29, 1.82) is 0 Å². The number of carbonyl (C=O) groups excluding carboxylic acids is 1. The van der Waals surface area contributed by atoms with E-state index in [0.717, 1.165) is 31.5 Å². The van der Waals surface area contributed by atoms with Crippen LogP contribution in [0, 0.1) is 0 Å². The molecular formula is C17H19ClN2O2. The Balaban J connectivity index is 1.66. The standard InChI is InChI=1S/C17H19ClN2O2/c18-14-7-5-13(6-8-14)16-11-15(19-22-16)12-17(21)20-9-3-1-2-4-10-20/h5-8,11H,1-4,9-10,12H2. The summed E-state index contributed by atoms with van der Waals surface area (Å²) in [5.41, 5.74) is 1.59. The highest BCUT2D eigenvalue weighted by Gasteiger charge is 2.18. The minimum absolute atomic E-state index is 0.137. The molecule has 1 amide bonds. The molecule has 0 N–H and O–H groups in total. The van der Waals surface area contributed by atoms with Gasteiger partial charge in [0.05, 0.1) is 12.1 Å². The molecule has 5 heteroatoms. The minimum Gasteiger partial charge on any atom is -0.356 e. The Kier molecular flexibility index (Phi) is 4.78. The van der Waals surface area contributed by atoms with Crippen LogP contribution in [0.15, 0.2) is 34.9 Å². The molecular weight excluding hydrogens is 300 g/mol. The van der Waals surface area contributed by atoms with Crippen molar-refractivity contribution in [2.75, 3.05) is 13.1 Å². The molecule has 0 saturated carbocycles. The Hall–Kier alpha value is -1.81. The molecule has 2 heterocycles. The molecule has 0 unspecified atom stereocenters. The average molecular weight is 319 g/mol. The van der Waals surface area contributed by atoms with E-state index in [0.29, 0.717) is 22.9 Å². The van der Waals surface area contributed by atoms with Crippen LogP contribution in [0.5, 0.6) is 0 Å². The third-order valence-electron chi connectivity index (χ3n) is 3.98. The van der Waals surface area contributed by atoms with Crippen LogP contribution in [0.3, 0.4) is 0 Å². The van der Waals surface area contributed by atoms with E-state index in [-0.39, 0.29) is 5.91 Å². The molecule has 2 aromatic rings. The maximum Gasteiger partial charge on any atom is 0.228 e. The number of amides is 1. The molecule has 22 heavy (non-hydrogen) atoms. The van der Waals surface area contributed by atoms with Gasteiger partial charge in [-0.05, 0) is 37.1 Å². The summed E-state index contributed by atoms with van der Waals surface area (Å²) in [4.78, 5) is 14.3. The molecule has 1 saturated heterocycles. The van der Waals surface area contributed by atoms with Crippen LogP contribution in [-0.2, 0) is 11.2 Å². The van der Waals surface area contributed by atoms with Crippen molar-refractivity contribution >= 4 is 17.5 Å². The summed E-state index contributed by atoms with van der Waals surface area (Å²) in [7, 11) is 0. The number of carbonyl (C=O) groups is 1. The fourth-order valence-corrected chi connectivity index (χ4v) is 2.86. The first-order chi connectivity index (χ1) is 10.7. The van der Waals surface area contributed by atoms with Gasteiger partial charge in [0.25, 0.3) is 0 Å². The lowest BCUT2D eigenvalue weighted by molar-refractivity contribution is -0.130. The summed E-state index contributed by atoms with van der Waals surface area (Å²) >= 11 is 5.88. The van der Waals surface area contributed by atoms with Gasteiger partial charge in [-0.25, -0.2) is 0 Å². The smallest absolute Gasteiger partial charge is 0.228 e. The predicted octanol–water partition coefficient (Wildman–Crippen LogP) is 3.94. The largest absolute Gasteiger partial charge is 0.356 e. The van der Waals surface area contributed by atoms with Crippen molar-refractivity contribution in [3.8, 4) is 11.3 Å².